The number of nitrogens with zero attached hydrogens (tertiary/aromatic N) is 2. The minimum Gasteiger partial charge on any atom is -0.377 e. The summed E-state index contributed by atoms with van der Waals surface area (Å²) in [7, 11) is 0. The van der Waals surface area contributed by atoms with Gasteiger partial charge < -0.3 is 10.6 Å². The van der Waals surface area contributed by atoms with Gasteiger partial charge in [-0.05, 0) is 18.2 Å². The molecule has 7 heteroatoms. The van der Waals surface area contributed by atoms with Crippen LogP contribution in [0.1, 0.15) is 0 Å². The van der Waals surface area contributed by atoms with Gasteiger partial charge in [-0.3, -0.25) is 9.89 Å². The number of rotatable bonds is 6. The minimum absolute atomic E-state index is 0.122. The molecule has 116 valence electrons. The third kappa shape index (κ3) is 3.29. The maximum absolute atomic E-state index is 12.0. The van der Waals surface area contributed by atoms with Crippen LogP contribution in [0.2, 0.25) is 0 Å². The standard InChI is InChI=1S/C16H15N5OS/c1-3-4-5-10(2)17-9-14(22)20-16-19-13-7-6-12-11(8-18-21-12)15(13)23-16/h3-8,17H,1-2,9H2,(H,18,21)(H,19,20,22)/b5-4-. The summed E-state index contributed by atoms with van der Waals surface area (Å²) in [4.78, 5) is 16.4. The van der Waals surface area contributed by atoms with Crippen LogP contribution >= 0.6 is 11.3 Å². The summed E-state index contributed by atoms with van der Waals surface area (Å²) in [6, 6.07) is 3.83. The molecule has 2 aromatic heterocycles. The van der Waals surface area contributed by atoms with Gasteiger partial charge in [0.15, 0.2) is 5.13 Å². The van der Waals surface area contributed by atoms with E-state index in [-0.39, 0.29) is 12.5 Å². The first-order chi connectivity index (χ1) is 11.2. The van der Waals surface area contributed by atoms with Crippen molar-refractivity contribution < 1.29 is 4.79 Å². The summed E-state index contributed by atoms with van der Waals surface area (Å²) in [5.74, 6) is -0.180. The van der Waals surface area contributed by atoms with Gasteiger partial charge in [0.25, 0.3) is 0 Å². The van der Waals surface area contributed by atoms with E-state index in [1.807, 2.05) is 12.1 Å². The number of nitrogens with one attached hydrogen (secondary N) is 3. The molecule has 0 bridgehead atoms. The monoisotopic (exact) mass is 325 g/mol. The second kappa shape index (κ2) is 6.45. The third-order valence-electron chi connectivity index (χ3n) is 3.13. The number of thiazole rings is 1. The van der Waals surface area contributed by atoms with Crippen molar-refractivity contribution in [2.45, 2.75) is 0 Å². The number of aromatic nitrogens is 3. The summed E-state index contributed by atoms with van der Waals surface area (Å²) < 4.78 is 0.998. The lowest BCUT2D eigenvalue weighted by Crippen LogP contribution is -2.26. The second-order valence-electron chi connectivity index (χ2n) is 4.79. The number of hydrogen-bond donors (Lipinski definition) is 3. The summed E-state index contributed by atoms with van der Waals surface area (Å²) in [6.07, 6.45) is 6.90. The van der Waals surface area contributed by atoms with Gasteiger partial charge in [0.2, 0.25) is 5.91 Å². The van der Waals surface area contributed by atoms with Crippen molar-refractivity contribution in [3.8, 4) is 0 Å². The highest BCUT2D eigenvalue weighted by Gasteiger charge is 2.10. The second-order valence-corrected chi connectivity index (χ2v) is 5.78. The van der Waals surface area contributed by atoms with E-state index < -0.39 is 0 Å². The van der Waals surface area contributed by atoms with E-state index in [1.54, 1.807) is 24.4 Å². The molecule has 0 unspecified atom stereocenters. The van der Waals surface area contributed by atoms with Crippen LogP contribution in [-0.2, 0) is 4.79 Å². The molecule has 0 aliphatic rings. The normalized spacial score (nSPS) is 11.1. The average Bonchev–Trinajstić information content (AvgIpc) is 3.15. The molecule has 0 aliphatic heterocycles. The lowest BCUT2D eigenvalue weighted by atomic mass is 10.2. The largest absolute Gasteiger partial charge is 0.377 e. The molecular weight excluding hydrogens is 310 g/mol. The SMILES string of the molecule is C=C/C=C\C(=C)NCC(=O)Nc1nc2ccc3[nH]ncc3c2s1. The Kier molecular flexibility index (Phi) is 4.20. The molecule has 1 amide bonds. The molecule has 0 saturated heterocycles. The maximum Gasteiger partial charge on any atom is 0.245 e. The Labute approximate surface area is 136 Å². The number of carbonyl (C=O) groups is 1. The number of carbonyl (C=O) groups excluding carboxylic acids is 1. The number of hydrogen-bond acceptors (Lipinski definition) is 5. The Bertz CT molecular complexity index is 921. The van der Waals surface area contributed by atoms with Crippen molar-refractivity contribution in [1.29, 1.82) is 0 Å². The van der Waals surface area contributed by atoms with Crippen LogP contribution < -0.4 is 10.6 Å². The molecule has 3 aromatic rings. The van der Waals surface area contributed by atoms with Gasteiger partial charge in [0, 0.05) is 11.1 Å². The third-order valence-corrected chi connectivity index (χ3v) is 4.15. The highest BCUT2D eigenvalue weighted by atomic mass is 32.1. The van der Waals surface area contributed by atoms with E-state index in [0.717, 1.165) is 21.1 Å². The number of aromatic amines is 1. The van der Waals surface area contributed by atoms with Gasteiger partial charge in [-0.1, -0.05) is 36.6 Å². The van der Waals surface area contributed by atoms with Crippen molar-refractivity contribution in [3.05, 3.63) is 55.4 Å². The van der Waals surface area contributed by atoms with Crippen LogP contribution in [0.25, 0.3) is 21.1 Å². The Morgan fingerprint density at radius 2 is 2.30 bits per heavy atom. The van der Waals surface area contributed by atoms with Crippen molar-refractivity contribution in [2.75, 3.05) is 11.9 Å². The summed E-state index contributed by atoms with van der Waals surface area (Å²) in [5.41, 5.74) is 2.43. The Hall–Kier alpha value is -2.93. The van der Waals surface area contributed by atoms with E-state index in [9.17, 15) is 4.79 Å². The average molecular weight is 325 g/mol. The fourth-order valence-corrected chi connectivity index (χ4v) is 3.05. The molecule has 1 aromatic carbocycles. The van der Waals surface area contributed by atoms with Gasteiger partial charge >= 0.3 is 0 Å². The van der Waals surface area contributed by atoms with E-state index in [4.69, 9.17) is 0 Å². The molecule has 0 radical (unpaired) electrons. The quantitative estimate of drug-likeness (QED) is 0.609. The van der Waals surface area contributed by atoms with E-state index in [1.165, 1.54) is 11.3 Å². The molecule has 0 fully saturated rings. The molecule has 6 nitrogen and oxygen atoms in total. The van der Waals surface area contributed by atoms with E-state index in [2.05, 4.69) is 39.0 Å². The molecule has 0 spiro atoms. The molecule has 2 heterocycles. The lowest BCUT2D eigenvalue weighted by molar-refractivity contribution is -0.115. The maximum atomic E-state index is 12.0. The van der Waals surface area contributed by atoms with Crippen LogP contribution in [0, 0.1) is 0 Å². The van der Waals surface area contributed by atoms with Gasteiger partial charge in [0.05, 0.1) is 28.5 Å². The molecule has 3 N–H and O–H groups in total. The van der Waals surface area contributed by atoms with Gasteiger partial charge in [-0.15, -0.1) is 0 Å². The molecule has 0 aliphatic carbocycles. The molecule has 0 saturated carbocycles. The van der Waals surface area contributed by atoms with E-state index in [0.29, 0.717) is 10.8 Å². The summed E-state index contributed by atoms with van der Waals surface area (Å²) in [5, 5.41) is 14.2. The van der Waals surface area contributed by atoms with Crippen LogP contribution in [0.15, 0.2) is 55.4 Å². The van der Waals surface area contributed by atoms with Crippen molar-refractivity contribution in [3.63, 3.8) is 0 Å². The summed E-state index contributed by atoms with van der Waals surface area (Å²) in [6.45, 7) is 7.48. The highest BCUT2D eigenvalue weighted by molar-refractivity contribution is 7.23. The molecule has 3 rings (SSSR count). The number of benzene rings is 1. The van der Waals surface area contributed by atoms with Crippen LogP contribution in [-0.4, -0.2) is 27.6 Å². The predicted molar refractivity (Wildman–Crippen MR) is 94.4 cm³/mol. The van der Waals surface area contributed by atoms with Crippen LogP contribution in [0.3, 0.4) is 0 Å². The number of fused-ring (bicyclic) bond motifs is 3. The fourth-order valence-electron chi connectivity index (χ4n) is 2.06. The zero-order valence-corrected chi connectivity index (χ0v) is 13.1. The lowest BCUT2D eigenvalue weighted by Gasteiger charge is -2.04. The summed E-state index contributed by atoms with van der Waals surface area (Å²) >= 11 is 1.43. The van der Waals surface area contributed by atoms with Gasteiger partial charge in [-0.2, -0.15) is 5.10 Å². The Balaban J connectivity index is 1.69. The van der Waals surface area contributed by atoms with Gasteiger partial charge in [-0.25, -0.2) is 4.98 Å². The molecule has 23 heavy (non-hydrogen) atoms. The minimum atomic E-state index is -0.180. The first kappa shape index (κ1) is 15.0. The molecule has 0 atom stereocenters. The highest BCUT2D eigenvalue weighted by Crippen LogP contribution is 2.31. The van der Waals surface area contributed by atoms with Gasteiger partial charge in [0.1, 0.15) is 0 Å². The first-order valence-corrected chi connectivity index (χ1v) is 7.73. The van der Waals surface area contributed by atoms with Crippen LogP contribution in [0.5, 0.6) is 0 Å². The number of anilines is 1. The fraction of sp³-hybridized carbons (Fsp3) is 0.0625. The molecular formula is C16H15N5OS. The zero-order chi connectivity index (χ0) is 16.2. The zero-order valence-electron chi connectivity index (χ0n) is 12.3. The Morgan fingerprint density at radius 3 is 3.13 bits per heavy atom. The number of allylic oxidation sites excluding steroid dienone is 3. The van der Waals surface area contributed by atoms with Crippen molar-refractivity contribution in [2.24, 2.45) is 0 Å². The smallest absolute Gasteiger partial charge is 0.245 e. The van der Waals surface area contributed by atoms with Crippen LogP contribution in [0.4, 0.5) is 5.13 Å². The van der Waals surface area contributed by atoms with Crippen molar-refractivity contribution >= 4 is 43.5 Å². The van der Waals surface area contributed by atoms with Crippen molar-refractivity contribution in [1.82, 2.24) is 20.5 Å². The predicted octanol–water partition coefficient (Wildman–Crippen LogP) is 2.96. The topological polar surface area (TPSA) is 82.7 Å². The number of amides is 1. The number of H-pyrrole nitrogens is 1. The Morgan fingerprint density at radius 1 is 1.43 bits per heavy atom. The first-order valence-electron chi connectivity index (χ1n) is 6.92. The van der Waals surface area contributed by atoms with E-state index >= 15 is 0 Å².